The van der Waals surface area contributed by atoms with Crippen LogP contribution in [0.25, 0.3) is 11.1 Å². The second-order valence-corrected chi connectivity index (χ2v) is 8.61. The zero-order valence-electron chi connectivity index (χ0n) is 17.0. The molecule has 0 aromatic heterocycles. The molecular formula is C25H20FNO4S. The van der Waals surface area contributed by atoms with E-state index in [1.165, 1.54) is 23.3 Å². The molecule has 0 heterocycles. The average molecular weight is 450 g/mol. The van der Waals surface area contributed by atoms with Crippen molar-refractivity contribution in [3.63, 3.8) is 0 Å². The summed E-state index contributed by atoms with van der Waals surface area (Å²) in [6.07, 6.45) is -0.126. The van der Waals surface area contributed by atoms with Gasteiger partial charge in [-0.15, -0.1) is 3.89 Å². The highest BCUT2D eigenvalue weighted by molar-refractivity contribution is 7.86. The molecule has 0 saturated carbocycles. The van der Waals surface area contributed by atoms with E-state index in [0.29, 0.717) is 18.5 Å². The molecule has 0 radical (unpaired) electrons. The summed E-state index contributed by atoms with van der Waals surface area (Å²) in [4.78, 5) is 11.7. The van der Waals surface area contributed by atoms with Crippen molar-refractivity contribution >= 4 is 16.3 Å². The average Bonchev–Trinajstić information content (AvgIpc) is 3.11. The Morgan fingerprint density at radius 3 is 2.12 bits per heavy atom. The minimum atomic E-state index is -4.71. The summed E-state index contributed by atoms with van der Waals surface area (Å²) in [6, 6.07) is 21.4. The van der Waals surface area contributed by atoms with Crippen molar-refractivity contribution in [2.75, 3.05) is 13.2 Å². The largest absolute Gasteiger partial charge is 0.449 e. The molecule has 5 nitrogen and oxygen atoms in total. The van der Waals surface area contributed by atoms with Crippen LogP contribution in [-0.4, -0.2) is 27.7 Å². The Kier molecular flexibility index (Phi) is 6.24. The lowest BCUT2D eigenvalue weighted by atomic mass is 9.98. The van der Waals surface area contributed by atoms with Crippen LogP contribution >= 0.6 is 0 Å². The van der Waals surface area contributed by atoms with Gasteiger partial charge in [0.05, 0.1) is 4.90 Å². The van der Waals surface area contributed by atoms with Crippen molar-refractivity contribution in [2.24, 2.45) is 0 Å². The fraction of sp³-hybridized carbons (Fsp3) is 0.160. The maximum Gasteiger partial charge on any atom is 0.407 e. The molecule has 3 aromatic rings. The SMILES string of the molecule is O=C(NCCC#Cc1ccc(S(=O)(=O)F)cc1)OCC1c2ccccc2-c2ccccc21. The van der Waals surface area contributed by atoms with E-state index in [-0.39, 0.29) is 12.5 Å². The maximum absolute atomic E-state index is 12.9. The van der Waals surface area contributed by atoms with Crippen LogP contribution in [0.15, 0.2) is 77.7 Å². The number of carbonyl (C=O) groups is 1. The monoisotopic (exact) mass is 449 g/mol. The number of rotatable bonds is 5. The van der Waals surface area contributed by atoms with Crippen LogP contribution in [0.1, 0.15) is 29.0 Å². The Balaban J connectivity index is 1.27. The molecule has 0 fully saturated rings. The van der Waals surface area contributed by atoms with Crippen molar-refractivity contribution in [3.8, 4) is 23.0 Å². The lowest BCUT2D eigenvalue weighted by molar-refractivity contribution is 0.143. The second kappa shape index (κ2) is 9.25. The van der Waals surface area contributed by atoms with Gasteiger partial charge in [0, 0.05) is 24.4 Å². The number of carbonyl (C=O) groups excluding carboxylic acids is 1. The molecule has 0 unspecified atom stereocenters. The van der Waals surface area contributed by atoms with Crippen molar-refractivity contribution in [1.29, 1.82) is 0 Å². The minimum absolute atomic E-state index is 0.00375. The maximum atomic E-state index is 12.9. The van der Waals surface area contributed by atoms with Crippen LogP contribution < -0.4 is 5.32 Å². The number of alkyl carbamates (subject to hydrolysis) is 1. The van der Waals surface area contributed by atoms with E-state index < -0.39 is 21.2 Å². The first kappa shape index (κ1) is 21.6. The van der Waals surface area contributed by atoms with Gasteiger partial charge >= 0.3 is 16.3 Å². The number of benzene rings is 3. The molecule has 0 bridgehead atoms. The first-order valence-electron chi connectivity index (χ1n) is 10.1. The molecule has 1 amide bonds. The third kappa shape index (κ3) is 4.82. The zero-order chi connectivity index (χ0) is 22.6. The summed E-state index contributed by atoms with van der Waals surface area (Å²) in [5.74, 6) is 5.72. The molecular weight excluding hydrogens is 429 g/mol. The van der Waals surface area contributed by atoms with Gasteiger partial charge in [-0.3, -0.25) is 0 Å². The van der Waals surface area contributed by atoms with Gasteiger partial charge in [0.1, 0.15) is 6.61 Å². The van der Waals surface area contributed by atoms with Crippen molar-refractivity contribution in [2.45, 2.75) is 17.2 Å². The number of nitrogens with one attached hydrogen (secondary N) is 1. The van der Waals surface area contributed by atoms with Gasteiger partial charge in [0.2, 0.25) is 0 Å². The van der Waals surface area contributed by atoms with Gasteiger partial charge in [-0.1, -0.05) is 60.4 Å². The highest BCUT2D eigenvalue weighted by Gasteiger charge is 2.28. The van der Waals surface area contributed by atoms with Gasteiger partial charge in [-0.05, 0) is 46.5 Å². The lowest BCUT2D eigenvalue weighted by Gasteiger charge is -2.14. The van der Waals surface area contributed by atoms with Gasteiger partial charge in [-0.2, -0.15) is 8.42 Å². The summed E-state index contributed by atoms with van der Waals surface area (Å²) < 4.78 is 40.0. The topological polar surface area (TPSA) is 72.5 Å². The van der Waals surface area contributed by atoms with Crippen LogP contribution in [0.2, 0.25) is 0 Å². The Hall–Kier alpha value is -3.63. The Morgan fingerprint density at radius 1 is 0.938 bits per heavy atom. The van der Waals surface area contributed by atoms with Crippen LogP contribution in [0.3, 0.4) is 0 Å². The summed E-state index contributed by atoms with van der Waals surface area (Å²) in [5, 5.41) is 2.68. The van der Waals surface area contributed by atoms with Crippen LogP contribution in [0.4, 0.5) is 8.68 Å². The van der Waals surface area contributed by atoms with Crippen LogP contribution in [0.5, 0.6) is 0 Å². The number of hydrogen-bond acceptors (Lipinski definition) is 4. The summed E-state index contributed by atoms with van der Waals surface area (Å²) in [6.45, 7) is 0.552. The molecule has 4 rings (SSSR count). The molecule has 1 aliphatic rings. The highest BCUT2D eigenvalue weighted by atomic mass is 32.3. The molecule has 0 saturated heterocycles. The molecule has 3 aromatic carbocycles. The molecule has 0 spiro atoms. The predicted octanol–water partition coefficient (Wildman–Crippen LogP) is 4.63. The normalized spacial score (nSPS) is 12.3. The van der Waals surface area contributed by atoms with Crippen molar-refractivity contribution in [3.05, 3.63) is 89.5 Å². The third-order valence-corrected chi connectivity index (χ3v) is 6.07. The van der Waals surface area contributed by atoms with Crippen LogP contribution in [0, 0.1) is 11.8 Å². The first-order valence-corrected chi connectivity index (χ1v) is 11.4. The number of amides is 1. The van der Waals surface area contributed by atoms with Crippen LogP contribution in [-0.2, 0) is 15.0 Å². The van der Waals surface area contributed by atoms with Crippen molar-refractivity contribution in [1.82, 2.24) is 5.32 Å². The number of fused-ring (bicyclic) bond motifs is 3. The molecule has 1 N–H and O–H groups in total. The van der Waals surface area contributed by atoms with E-state index in [0.717, 1.165) is 23.3 Å². The van der Waals surface area contributed by atoms with E-state index in [1.807, 2.05) is 24.3 Å². The standard InChI is InChI=1S/C25H20FNO4S/c26-32(29,30)19-14-12-18(13-15-19)7-5-6-16-27-25(28)31-17-24-22-10-3-1-8-20(22)21-9-2-4-11-23(21)24/h1-4,8-15,24H,6,16-17H2,(H,27,28). The fourth-order valence-corrected chi connectivity index (χ4v) is 4.20. The fourth-order valence-electron chi connectivity index (χ4n) is 3.74. The smallest absolute Gasteiger partial charge is 0.407 e. The van der Waals surface area contributed by atoms with E-state index in [1.54, 1.807) is 0 Å². The van der Waals surface area contributed by atoms with Gasteiger partial charge in [0.25, 0.3) is 0 Å². The van der Waals surface area contributed by atoms with E-state index in [4.69, 9.17) is 4.74 Å². The minimum Gasteiger partial charge on any atom is -0.449 e. The van der Waals surface area contributed by atoms with Gasteiger partial charge in [0.15, 0.2) is 0 Å². The number of halogens is 1. The number of hydrogen-bond donors (Lipinski definition) is 1. The summed E-state index contributed by atoms with van der Waals surface area (Å²) in [7, 11) is -4.71. The van der Waals surface area contributed by atoms with E-state index in [2.05, 4.69) is 41.4 Å². The highest BCUT2D eigenvalue weighted by Crippen LogP contribution is 2.44. The Bertz CT molecular complexity index is 1260. The van der Waals surface area contributed by atoms with E-state index in [9.17, 15) is 17.1 Å². The molecule has 0 aliphatic heterocycles. The molecule has 162 valence electrons. The third-order valence-electron chi connectivity index (χ3n) is 5.23. The molecule has 0 atom stereocenters. The molecule has 7 heteroatoms. The first-order chi connectivity index (χ1) is 15.4. The Labute approximate surface area is 186 Å². The summed E-state index contributed by atoms with van der Waals surface area (Å²) in [5.41, 5.74) is 5.20. The van der Waals surface area contributed by atoms with Gasteiger partial charge in [-0.25, -0.2) is 4.79 Å². The molecule has 32 heavy (non-hydrogen) atoms. The number of ether oxygens (including phenoxy) is 1. The quantitative estimate of drug-likeness (QED) is 0.350. The van der Waals surface area contributed by atoms with Crippen molar-refractivity contribution < 1.29 is 21.8 Å². The van der Waals surface area contributed by atoms with E-state index >= 15 is 0 Å². The zero-order valence-corrected chi connectivity index (χ0v) is 17.9. The van der Waals surface area contributed by atoms with Gasteiger partial charge < -0.3 is 10.1 Å². The second-order valence-electron chi connectivity index (χ2n) is 7.27. The lowest BCUT2D eigenvalue weighted by Crippen LogP contribution is -2.26. The predicted molar refractivity (Wildman–Crippen MR) is 119 cm³/mol. The summed E-state index contributed by atoms with van der Waals surface area (Å²) >= 11 is 0. The molecule has 1 aliphatic carbocycles. The Morgan fingerprint density at radius 2 is 1.53 bits per heavy atom.